The predicted octanol–water partition coefficient (Wildman–Crippen LogP) is 4.00. The van der Waals surface area contributed by atoms with Crippen molar-refractivity contribution in [3.05, 3.63) is 38.9 Å². The molecule has 4 heteroatoms. The Morgan fingerprint density at radius 1 is 1.37 bits per heavy atom. The molecule has 1 fully saturated rings. The van der Waals surface area contributed by atoms with Crippen molar-refractivity contribution in [1.82, 2.24) is 10.1 Å². The molecule has 0 amide bonds. The number of rotatable bonds is 3. The summed E-state index contributed by atoms with van der Waals surface area (Å²) in [6.07, 6.45) is 2.48. The minimum atomic E-state index is 0.480. The van der Waals surface area contributed by atoms with E-state index >= 15 is 0 Å². The quantitative estimate of drug-likeness (QED) is 0.848. The first-order chi connectivity index (χ1) is 9.15. The molecule has 2 aromatic heterocycles. The molecule has 3 nitrogen and oxygen atoms in total. The Morgan fingerprint density at radius 2 is 2.21 bits per heavy atom. The Bertz CT molecular complexity index is 553. The molecule has 2 aromatic rings. The summed E-state index contributed by atoms with van der Waals surface area (Å²) < 4.78 is 5.34. The third-order valence-corrected chi connectivity index (χ3v) is 4.93. The van der Waals surface area contributed by atoms with Crippen LogP contribution in [-0.2, 0) is 6.54 Å². The number of thiophene rings is 1. The maximum atomic E-state index is 5.34. The van der Waals surface area contributed by atoms with Crippen LogP contribution < -0.4 is 0 Å². The first kappa shape index (κ1) is 12.9. The van der Waals surface area contributed by atoms with E-state index in [0.717, 1.165) is 18.0 Å². The second-order valence-electron chi connectivity index (χ2n) is 5.38. The summed E-state index contributed by atoms with van der Waals surface area (Å²) in [5.41, 5.74) is 2.36. The summed E-state index contributed by atoms with van der Waals surface area (Å²) in [6.45, 7) is 8.47. The van der Waals surface area contributed by atoms with Gasteiger partial charge >= 0.3 is 0 Å². The van der Waals surface area contributed by atoms with Crippen LogP contribution in [0.4, 0.5) is 0 Å². The normalized spacial score (nSPS) is 20.3. The minimum absolute atomic E-state index is 0.480. The Kier molecular flexibility index (Phi) is 3.46. The molecule has 0 spiro atoms. The number of aryl methyl sites for hydroxylation is 3. The Labute approximate surface area is 118 Å². The van der Waals surface area contributed by atoms with Gasteiger partial charge in [-0.3, -0.25) is 4.90 Å². The SMILES string of the molecule is Cc1ccc(CN2CCC[C@@H]2c2c(C)noc2C)s1. The second kappa shape index (κ2) is 5.10. The molecule has 0 bridgehead atoms. The predicted molar refractivity (Wildman–Crippen MR) is 77.4 cm³/mol. The van der Waals surface area contributed by atoms with Gasteiger partial charge in [0.1, 0.15) is 5.76 Å². The van der Waals surface area contributed by atoms with Crippen molar-refractivity contribution in [1.29, 1.82) is 0 Å². The van der Waals surface area contributed by atoms with E-state index in [-0.39, 0.29) is 0 Å². The molecule has 102 valence electrons. The number of nitrogens with zero attached hydrogens (tertiary/aromatic N) is 2. The van der Waals surface area contributed by atoms with Crippen LogP contribution in [0.3, 0.4) is 0 Å². The van der Waals surface area contributed by atoms with Crippen molar-refractivity contribution < 1.29 is 4.52 Å². The number of aromatic nitrogens is 1. The van der Waals surface area contributed by atoms with E-state index in [4.69, 9.17) is 4.52 Å². The van der Waals surface area contributed by atoms with E-state index in [9.17, 15) is 0 Å². The van der Waals surface area contributed by atoms with Crippen LogP contribution in [0.1, 0.15) is 45.7 Å². The highest BCUT2D eigenvalue weighted by atomic mass is 32.1. The molecule has 0 aliphatic carbocycles. The first-order valence-corrected chi connectivity index (χ1v) is 7.69. The lowest BCUT2D eigenvalue weighted by molar-refractivity contribution is 0.248. The lowest BCUT2D eigenvalue weighted by Crippen LogP contribution is -2.23. The fourth-order valence-corrected chi connectivity index (χ4v) is 3.99. The highest BCUT2D eigenvalue weighted by Crippen LogP contribution is 2.37. The summed E-state index contributed by atoms with van der Waals surface area (Å²) in [5, 5.41) is 4.11. The van der Waals surface area contributed by atoms with Crippen molar-refractivity contribution in [2.45, 2.75) is 46.2 Å². The van der Waals surface area contributed by atoms with Crippen LogP contribution in [0.25, 0.3) is 0 Å². The van der Waals surface area contributed by atoms with Crippen molar-refractivity contribution in [3.8, 4) is 0 Å². The van der Waals surface area contributed by atoms with E-state index in [2.05, 4.69) is 36.0 Å². The van der Waals surface area contributed by atoms with Crippen LogP contribution in [0.5, 0.6) is 0 Å². The fraction of sp³-hybridized carbons (Fsp3) is 0.533. The monoisotopic (exact) mass is 276 g/mol. The zero-order chi connectivity index (χ0) is 13.4. The molecule has 1 saturated heterocycles. The Hall–Kier alpha value is -1.13. The Balaban J connectivity index is 1.82. The summed E-state index contributed by atoms with van der Waals surface area (Å²) >= 11 is 1.90. The lowest BCUT2D eigenvalue weighted by atomic mass is 10.0. The standard InChI is InChI=1S/C15H20N2OS/c1-10-6-7-13(19-10)9-17-8-4-5-14(17)15-11(2)16-18-12(15)3/h6-7,14H,4-5,8-9H2,1-3H3/t14-/m1/s1. The van der Waals surface area contributed by atoms with Gasteiger partial charge in [0.05, 0.1) is 5.69 Å². The van der Waals surface area contributed by atoms with E-state index in [1.165, 1.54) is 34.7 Å². The van der Waals surface area contributed by atoms with Crippen molar-refractivity contribution in [2.24, 2.45) is 0 Å². The average molecular weight is 276 g/mol. The van der Waals surface area contributed by atoms with Gasteiger partial charge in [-0.2, -0.15) is 0 Å². The van der Waals surface area contributed by atoms with Gasteiger partial charge in [-0.25, -0.2) is 0 Å². The minimum Gasteiger partial charge on any atom is -0.361 e. The van der Waals surface area contributed by atoms with E-state index in [0.29, 0.717) is 6.04 Å². The summed E-state index contributed by atoms with van der Waals surface area (Å²) in [7, 11) is 0. The number of hydrogen-bond donors (Lipinski definition) is 0. The molecular formula is C15H20N2OS. The van der Waals surface area contributed by atoms with Gasteiger partial charge in [-0.05, 0) is 52.3 Å². The molecule has 1 aliphatic heterocycles. The third kappa shape index (κ3) is 2.47. The topological polar surface area (TPSA) is 29.3 Å². The molecule has 3 rings (SSSR count). The zero-order valence-corrected chi connectivity index (χ0v) is 12.6. The maximum absolute atomic E-state index is 5.34. The average Bonchev–Trinajstić information content (AvgIpc) is 3.04. The molecule has 1 atom stereocenters. The Morgan fingerprint density at radius 3 is 2.84 bits per heavy atom. The first-order valence-electron chi connectivity index (χ1n) is 6.87. The summed E-state index contributed by atoms with van der Waals surface area (Å²) in [5.74, 6) is 0.983. The van der Waals surface area contributed by atoms with E-state index in [1.807, 2.05) is 18.3 Å². The molecule has 1 aliphatic rings. The van der Waals surface area contributed by atoms with E-state index in [1.54, 1.807) is 0 Å². The van der Waals surface area contributed by atoms with Gasteiger partial charge < -0.3 is 4.52 Å². The largest absolute Gasteiger partial charge is 0.361 e. The van der Waals surface area contributed by atoms with E-state index < -0.39 is 0 Å². The van der Waals surface area contributed by atoms with Gasteiger partial charge in [0.15, 0.2) is 0 Å². The van der Waals surface area contributed by atoms with Crippen LogP contribution in [0.15, 0.2) is 16.7 Å². The van der Waals surface area contributed by atoms with Gasteiger partial charge in [-0.15, -0.1) is 11.3 Å². The number of likely N-dealkylation sites (tertiary alicyclic amines) is 1. The molecule has 0 N–H and O–H groups in total. The smallest absolute Gasteiger partial charge is 0.138 e. The van der Waals surface area contributed by atoms with Gasteiger partial charge in [-0.1, -0.05) is 5.16 Å². The maximum Gasteiger partial charge on any atom is 0.138 e. The van der Waals surface area contributed by atoms with Crippen molar-refractivity contribution >= 4 is 11.3 Å². The van der Waals surface area contributed by atoms with Crippen LogP contribution >= 0.6 is 11.3 Å². The highest BCUT2D eigenvalue weighted by Gasteiger charge is 2.30. The fourth-order valence-electron chi connectivity index (χ4n) is 3.08. The van der Waals surface area contributed by atoms with Crippen LogP contribution in [-0.4, -0.2) is 16.6 Å². The molecule has 0 radical (unpaired) electrons. The zero-order valence-electron chi connectivity index (χ0n) is 11.8. The van der Waals surface area contributed by atoms with Crippen molar-refractivity contribution in [2.75, 3.05) is 6.54 Å². The molecular weight excluding hydrogens is 256 g/mol. The summed E-state index contributed by atoms with van der Waals surface area (Å²) in [6, 6.07) is 4.94. The third-order valence-electron chi connectivity index (χ3n) is 3.94. The lowest BCUT2D eigenvalue weighted by Gasteiger charge is -2.23. The van der Waals surface area contributed by atoms with Gasteiger partial charge in [0.25, 0.3) is 0 Å². The second-order valence-corrected chi connectivity index (χ2v) is 6.75. The molecule has 0 unspecified atom stereocenters. The molecule has 3 heterocycles. The summed E-state index contributed by atoms with van der Waals surface area (Å²) in [4.78, 5) is 5.41. The molecule has 0 saturated carbocycles. The highest BCUT2D eigenvalue weighted by molar-refractivity contribution is 7.11. The van der Waals surface area contributed by atoms with Crippen LogP contribution in [0, 0.1) is 20.8 Å². The molecule has 19 heavy (non-hydrogen) atoms. The van der Waals surface area contributed by atoms with Gasteiger partial charge in [0, 0.05) is 27.9 Å². The van der Waals surface area contributed by atoms with Crippen molar-refractivity contribution in [3.63, 3.8) is 0 Å². The van der Waals surface area contributed by atoms with Gasteiger partial charge in [0.2, 0.25) is 0 Å². The van der Waals surface area contributed by atoms with Crippen LogP contribution in [0.2, 0.25) is 0 Å². The molecule has 0 aromatic carbocycles. The number of hydrogen-bond acceptors (Lipinski definition) is 4.